The van der Waals surface area contributed by atoms with E-state index in [9.17, 15) is 10.1 Å². The van der Waals surface area contributed by atoms with Crippen molar-refractivity contribution in [3.63, 3.8) is 0 Å². The van der Waals surface area contributed by atoms with Crippen molar-refractivity contribution < 1.29 is 9.53 Å². The predicted molar refractivity (Wildman–Crippen MR) is 104 cm³/mol. The largest absolute Gasteiger partial charge is 0.490 e. The Hall–Kier alpha value is -3.00. The molecule has 0 spiro atoms. The van der Waals surface area contributed by atoms with Gasteiger partial charge in [0.15, 0.2) is 0 Å². The number of amides is 2. The Bertz CT molecular complexity index is 880. The van der Waals surface area contributed by atoms with E-state index in [-0.39, 0.29) is 12.1 Å². The minimum Gasteiger partial charge on any atom is -0.490 e. The smallest absolute Gasteiger partial charge is 0.321 e. The molecular weight excluding hydrogens is 338 g/mol. The number of carbonyl (C=O) groups is 1. The summed E-state index contributed by atoms with van der Waals surface area (Å²) in [4.78, 5) is 14.5. The number of likely N-dealkylation sites (tertiary alicyclic amines) is 1. The fourth-order valence-electron chi connectivity index (χ4n) is 4.02. The lowest BCUT2D eigenvalue weighted by Gasteiger charge is -2.37. The summed E-state index contributed by atoms with van der Waals surface area (Å²) in [5.41, 5.74) is 2.46. The van der Waals surface area contributed by atoms with Crippen LogP contribution >= 0.6 is 0 Å². The van der Waals surface area contributed by atoms with Crippen LogP contribution in [0.3, 0.4) is 0 Å². The Morgan fingerprint density at radius 1 is 1.22 bits per heavy atom. The molecule has 0 aromatic heterocycles. The molecule has 1 saturated heterocycles. The summed E-state index contributed by atoms with van der Waals surface area (Å²) in [6.45, 7) is 3.18. The van der Waals surface area contributed by atoms with Crippen molar-refractivity contribution in [2.45, 2.75) is 37.7 Å². The van der Waals surface area contributed by atoms with Crippen LogP contribution in [0.2, 0.25) is 0 Å². The molecule has 2 aliphatic heterocycles. The average Bonchev–Trinajstić information content (AvgIpc) is 3.08. The molecule has 27 heavy (non-hydrogen) atoms. The minimum atomic E-state index is -0.501. The second kappa shape index (κ2) is 6.96. The third-order valence-corrected chi connectivity index (χ3v) is 5.59. The summed E-state index contributed by atoms with van der Waals surface area (Å²) >= 11 is 0. The summed E-state index contributed by atoms with van der Waals surface area (Å²) < 4.78 is 5.71. The molecule has 2 aromatic rings. The van der Waals surface area contributed by atoms with Crippen LogP contribution < -0.4 is 10.1 Å². The number of benzene rings is 2. The van der Waals surface area contributed by atoms with Gasteiger partial charge in [0.1, 0.15) is 11.9 Å². The number of nitriles is 1. The monoisotopic (exact) mass is 361 g/mol. The van der Waals surface area contributed by atoms with Crippen LogP contribution in [0.1, 0.15) is 30.9 Å². The fraction of sp³-hybridized carbons (Fsp3) is 0.364. The Kier molecular flexibility index (Phi) is 4.49. The number of urea groups is 1. The molecule has 1 N–H and O–H groups in total. The maximum Gasteiger partial charge on any atom is 0.321 e. The van der Waals surface area contributed by atoms with Crippen LogP contribution in [0.5, 0.6) is 5.75 Å². The maximum atomic E-state index is 12.7. The number of anilines is 1. The molecule has 2 amide bonds. The maximum absolute atomic E-state index is 12.7. The standard InChI is InChI=1S/C22H23N3O2/c1-16-13-17-14-19(7-8-20(17)27-16)24-21(26)25-11-9-22(15-23,10-12-25)18-5-3-2-4-6-18/h2-8,14,16H,9-13H2,1H3,(H,24,26)/t16-/m1/s1. The number of piperidine rings is 1. The molecule has 0 unspecified atom stereocenters. The van der Waals surface area contributed by atoms with Crippen molar-refractivity contribution in [3.8, 4) is 11.8 Å². The number of nitrogens with one attached hydrogen (secondary N) is 1. The third kappa shape index (κ3) is 3.35. The lowest BCUT2D eigenvalue weighted by atomic mass is 9.74. The van der Waals surface area contributed by atoms with Crippen molar-refractivity contribution >= 4 is 11.7 Å². The number of hydrogen-bond donors (Lipinski definition) is 1. The van der Waals surface area contributed by atoms with E-state index >= 15 is 0 Å². The van der Waals surface area contributed by atoms with Gasteiger partial charge in [0.2, 0.25) is 0 Å². The lowest BCUT2D eigenvalue weighted by molar-refractivity contribution is 0.183. The average molecular weight is 361 g/mol. The van der Waals surface area contributed by atoms with E-state index in [1.807, 2.05) is 55.5 Å². The normalized spacial score (nSPS) is 20.3. The lowest BCUT2D eigenvalue weighted by Crippen LogP contribution is -2.46. The SMILES string of the molecule is C[C@@H]1Cc2cc(NC(=O)N3CCC(C#N)(c4ccccc4)CC3)ccc2O1. The second-order valence-electron chi connectivity index (χ2n) is 7.43. The summed E-state index contributed by atoms with van der Waals surface area (Å²) in [6.07, 6.45) is 2.35. The van der Waals surface area contributed by atoms with E-state index in [0.717, 1.165) is 29.0 Å². The van der Waals surface area contributed by atoms with Gasteiger partial charge in [0, 0.05) is 25.2 Å². The zero-order valence-electron chi connectivity index (χ0n) is 15.4. The van der Waals surface area contributed by atoms with Crippen molar-refractivity contribution in [1.82, 2.24) is 4.90 Å². The molecule has 2 heterocycles. The summed E-state index contributed by atoms with van der Waals surface area (Å²) in [7, 11) is 0. The highest BCUT2D eigenvalue weighted by Crippen LogP contribution is 2.35. The van der Waals surface area contributed by atoms with Gasteiger partial charge in [-0.1, -0.05) is 30.3 Å². The molecule has 5 heteroatoms. The van der Waals surface area contributed by atoms with Gasteiger partial charge in [-0.3, -0.25) is 0 Å². The van der Waals surface area contributed by atoms with Crippen LogP contribution in [0, 0.1) is 11.3 Å². The van der Waals surface area contributed by atoms with Crippen molar-refractivity contribution in [3.05, 3.63) is 59.7 Å². The first-order valence-electron chi connectivity index (χ1n) is 9.42. The number of nitrogens with zero attached hydrogens (tertiary/aromatic N) is 2. The number of hydrogen-bond acceptors (Lipinski definition) is 3. The van der Waals surface area contributed by atoms with E-state index < -0.39 is 5.41 Å². The Balaban J connectivity index is 1.41. The predicted octanol–water partition coefficient (Wildman–Crippen LogP) is 4.10. The van der Waals surface area contributed by atoms with Gasteiger partial charge in [-0.25, -0.2) is 4.79 Å². The third-order valence-electron chi connectivity index (χ3n) is 5.59. The molecule has 0 radical (unpaired) electrons. The van der Waals surface area contributed by atoms with E-state index in [1.165, 1.54) is 0 Å². The molecular formula is C22H23N3O2. The minimum absolute atomic E-state index is 0.110. The highest BCUT2D eigenvalue weighted by Gasteiger charge is 2.37. The van der Waals surface area contributed by atoms with Crippen molar-refractivity contribution in [1.29, 1.82) is 5.26 Å². The van der Waals surface area contributed by atoms with Gasteiger partial charge in [-0.15, -0.1) is 0 Å². The summed E-state index contributed by atoms with van der Waals surface area (Å²) in [5.74, 6) is 0.903. The van der Waals surface area contributed by atoms with Crippen LogP contribution in [0.25, 0.3) is 0 Å². The molecule has 4 rings (SSSR count). The highest BCUT2D eigenvalue weighted by atomic mass is 16.5. The molecule has 1 atom stereocenters. The first kappa shape index (κ1) is 17.4. The molecule has 0 bridgehead atoms. The van der Waals surface area contributed by atoms with Gasteiger partial charge in [0.25, 0.3) is 0 Å². The zero-order chi connectivity index (χ0) is 18.9. The molecule has 5 nitrogen and oxygen atoms in total. The van der Waals surface area contributed by atoms with Crippen LogP contribution in [0.15, 0.2) is 48.5 Å². The van der Waals surface area contributed by atoms with Gasteiger partial charge in [-0.05, 0) is 49.1 Å². The number of rotatable bonds is 2. The fourth-order valence-corrected chi connectivity index (χ4v) is 4.02. The second-order valence-corrected chi connectivity index (χ2v) is 7.43. The Morgan fingerprint density at radius 3 is 2.67 bits per heavy atom. The summed E-state index contributed by atoms with van der Waals surface area (Å²) in [6, 6.07) is 18.1. The van der Waals surface area contributed by atoms with E-state index in [1.54, 1.807) is 4.90 Å². The van der Waals surface area contributed by atoms with Gasteiger partial charge < -0.3 is 15.0 Å². The Labute approximate surface area is 159 Å². The van der Waals surface area contributed by atoms with Crippen molar-refractivity contribution in [2.75, 3.05) is 18.4 Å². The van der Waals surface area contributed by atoms with Crippen molar-refractivity contribution in [2.24, 2.45) is 0 Å². The van der Waals surface area contributed by atoms with Gasteiger partial charge in [-0.2, -0.15) is 5.26 Å². The quantitative estimate of drug-likeness (QED) is 0.876. The molecule has 2 aromatic carbocycles. The van der Waals surface area contributed by atoms with E-state index in [4.69, 9.17) is 4.74 Å². The number of fused-ring (bicyclic) bond motifs is 1. The molecule has 2 aliphatic rings. The summed E-state index contributed by atoms with van der Waals surface area (Å²) in [5, 5.41) is 12.8. The van der Waals surface area contributed by atoms with Gasteiger partial charge >= 0.3 is 6.03 Å². The van der Waals surface area contributed by atoms with E-state index in [2.05, 4.69) is 11.4 Å². The van der Waals surface area contributed by atoms with Crippen LogP contribution in [-0.2, 0) is 11.8 Å². The van der Waals surface area contributed by atoms with Crippen LogP contribution in [-0.4, -0.2) is 30.1 Å². The molecule has 0 saturated carbocycles. The first-order chi connectivity index (χ1) is 13.1. The molecule has 1 fully saturated rings. The number of carbonyl (C=O) groups excluding carboxylic acids is 1. The highest BCUT2D eigenvalue weighted by molar-refractivity contribution is 5.89. The zero-order valence-corrected chi connectivity index (χ0v) is 15.4. The van der Waals surface area contributed by atoms with E-state index in [0.29, 0.717) is 25.9 Å². The number of ether oxygens (including phenoxy) is 1. The molecule has 0 aliphatic carbocycles. The van der Waals surface area contributed by atoms with Crippen LogP contribution in [0.4, 0.5) is 10.5 Å². The Morgan fingerprint density at radius 2 is 1.96 bits per heavy atom. The van der Waals surface area contributed by atoms with Gasteiger partial charge in [0.05, 0.1) is 11.5 Å². The molecule has 138 valence electrons. The first-order valence-corrected chi connectivity index (χ1v) is 9.42. The topological polar surface area (TPSA) is 65.4 Å².